The molecule has 0 bridgehead atoms. The molecule has 1 heterocycles. The van der Waals surface area contributed by atoms with E-state index in [4.69, 9.17) is 4.74 Å². The van der Waals surface area contributed by atoms with Crippen LogP contribution in [0.1, 0.15) is 80.1 Å². The second-order valence-corrected chi connectivity index (χ2v) is 12.8. The molecule has 4 aliphatic carbocycles. The highest BCUT2D eigenvalue weighted by atomic mass is 16.6. The minimum atomic E-state index is -1.31. The van der Waals surface area contributed by atoms with Gasteiger partial charge in [-0.1, -0.05) is 53.7 Å². The zero-order valence-corrected chi connectivity index (χ0v) is 21.1. The van der Waals surface area contributed by atoms with E-state index in [1.807, 2.05) is 6.92 Å². The summed E-state index contributed by atoms with van der Waals surface area (Å²) in [5.74, 6) is 1.40. The van der Waals surface area contributed by atoms with Gasteiger partial charge in [-0.05, 0) is 66.8 Å². The summed E-state index contributed by atoms with van der Waals surface area (Å²) in [4.78, 5) is 13.8. The van der Waals surface area contributed by atoms with E-state index in [-0.39, 0.29) is 23.0 Å². The SMILES string of the molecule is CC(C)[C@@H](C)/C=C/[C@@H](C)[C@H]1C[C@H](O)C2=C3C(=O)[C@@H]4O[C@@]45C[C@@H](O)CC[C@]5(C)[C@@]3(O)CC[C@@]21C. The standard InChI is InChI=1S/C28H42O5/c1-15(2)16(3)7-8-17(4)19-13-20(30)21-22-23(31)24-28(33-24)14-18(29)9-10-26(28,6)27(22,32)12-11-25(19,21)5/h7-8,15-20,24,29-30,32H,9-14H2,1-6H3/b8-7+/t16-,17+,18-,19+,20-,24-,25+,26+,27+,28-/m0/s1. The summed E-state index contributed by atoms with van der Waals surface area (Å²) in [6.07, 6.45) is 6.27. The van der Waals surface area contributed by atoms with Gasteiger partial charge < -0.3 is 20.1 Å². The Labute approximate surface area is 198 Å². The number of carbonyl (C=O) groups is 1. The van der Waals surface area contributed by atoms with Gasteiger partial charge in [0.15, 0.2) is 11.9 Å². The average Bonchev–Trinajstić information content (AvgIpc) is 3.41. The van der Waals surface area contributed by atoms with E-state index in [0.29, 0.717) is 49.5 Å². The summed E-state index contributed by atoms with van der Waals surface area (Å²) in [6, 6.07) is 0. The second kappa shape index (κ2) is 7.25. The molecule has 5 heteroatoms. The maximum atomic E-state index is 13.8. The minimum absolute atomic E-state index is 0.152. The second-order valence-electron chi connectivity index (χ2n) is 12.8. The molecule has 5 rings (SSSR count). The van der Waals surface area contributed by atoms with Crippen molar-refractivity contribution in [2.45, 2.75) is 110 Å². The number of hydrogen-bond acceptors (Lipinski definition) is 5. The van der Waals surface area contributed by atoms with Gasteiger partial charge in [-0.15, -0.1) is 0 Å². The largest absolute Gasteiger partial charge is 0.393 e. The smallest absolute Gasteiger partial charge is 0.193 e. The molecule has 1 saturated heterocycles. The quantitative estimate of drug-likeness (QED) is 0.438. The molecular formula is C28H42O5. The van der Waals surface area contributed by atoms with Gasteiger partial charge in [0.25, 0.3) is 0 Å². The molecule has 0 amide bonds. The third-order valence-corrected chi connectivity index (χ3v) is 10.9. The van der Waals surface area contributed by atoms with Crippen LogP contribution < -0.4 is 0 Å². The Hall–Kier alpha value is -1.01. The van der Waals surface area contributed by atoms with E-state index in [0.717, 1.165) is 12.0 Å². The fourth-order valence-corrected chi connectivity index (χ4v) is 8.20. The maximum Gasteiger partial charge on any atom is 0.193 e. The lowest BCUT2D eigenvalue weighted by Gasteiger charge is -2.58. The summed E-state index contributed by atoms with van der Waals surface area (Å²) in [5.41, 5.74) is -1.79. The van der Waals surface area contributed by atoms with Gasteiger partial charge in [0.2, 0.25) is 0 Å². The number of ketones is 1. The number of hydrogen-bond donors (Lipinski definition) is 3. The van der Waals surface area contributed by atoms with Gasteiger partial charge in [0.1, 0.15) is 11.2 Å². The van der Waals surface area contributed by atoms with Crippen LogP contribution in [0.25, 0.3) is 0 Å². The van der Waals surface area contributed by atoms with Crippen molar-refractivity contribution in [1.29, 1.82) is 0 Å². The summed E-state index contributed by atoms with van der Waals surface area (Å²) < 4.78 is 6.09. The molecule has 0 aromatic rings. The molecule has 5 aliphatic rings. The molecule has 0 radical (unpaired) electrons. The Balaban J connectivity index is 1.56. The maximum absolute atomic E-state index is 13.8. The fourth-order valence-electron chi connectivity index (χ4n) is 8.20. The van der Waals surface area contributed by atoms with Crippen molar-refractivity contribution in [2.24, 2.45) is 34.5 Å². The minimum Gasteiger partial charge on any atom is -0.393 e. The van der Waals surface area contributed by atoms with E-state index >= 15 is 0 Å². The first-order valence-electron chi connectivity index (χ1n) is 13.1. The Morgan fingerprint density at radius 2 is 1.76 bits per heavy atom. The van der Waals surface area contributed by atoms with Crippen LogP contribution in [-0.2, 0) is 9.53 Å². The third-order valence-electron chi connectivity index (χ3n) is 10.9. The molecule has 3 N–H and O–H groups in total. The number of fused-ring (bicyclic) bond motifs is 3. The Morgan fingerprint density at radius 1 is 1.06 bits per heavy atom. The molecule has 5 nitrogen and oxygen atoms in total. The van der Waals surface area contributed by atoms with Crippen molar-refractivity contribution in [3.63, 3.8) is 0 Å². The number of ether oxygens (including phenoxy) is 1. The summed E-state index contributed by atoms with van der Waals surface area (Å²) in [7, 11) is 0. The first-order chi connectivity index (χ1) is 15.3. The topological polar surface area (TPSA) is 90.3 Å². The van der Waals surface area contributed by atoms with Crippen molar-refractivity contribution in [2.75, 3.05) is 0 Å². The predicted octanol–water partition coefficient (Wildman–Crippen LogP) is 3.95. The fraction of sp³-hybridized carbons (Fsp3) is 0.821. The van der Waals surface area contributed by atoms with Crippen molar-refractivity contribution >= 4 is 5.78 Å². The Bertz CT molecular complexity index is 921. The zero-order valence-electron chi connectivity index (χ0n) is 21.1. The first-order valence-corrected chi connectivity index (χ1v) is 13.1. The van der Waals surface area contributed by atoms with Crippen molar-refractivity contribution in [1.82, 2.24) is 0 Å². The number of carbonyl (C=O) groups excluding carboxylic acids is 1. The van der Waals surface area contributed by atoms with E-state index < -0.39 is 34.9 Å². The lowest BCUT2D eigenvalue weighted by atomic mass is 9.46. The molecule has 10 atom stereocenters. The lowest BCUT2D eigenvalue weighted by Crippen LogP contribution is -2.67. The number of rotatable bonds is 4. The lowest BCUT2D eigenvalue weighted by molar-refractivity contribution is -0.154. The number of Topliss-reactive ketones (excluding diaryl/α,β-unsaturated/α-hetero) is 1. The highest BCUT2D eigenvalue weighted by Crippen LogP contribution is 2.72. The van der Waals surface area contributed by atoms with Crippen LogP contribution >= 0.6 is 0 Å². The van der Waals surface area contributed by atoms with Crippen LogP contribution in [-0.4, -0.2) is 50.6 Å². The highest BCUT2D eigenvalue weighted by Gasteiger charge is 2.82. The molecule has 3 saturated carbocycles. The molecule has 0 aromatic heterocycles. The van der Waals surface area contributed by atoms with Gasteiger partial charge in [0, 0.05) is 17.4 Å². The van der Waals surface area contributed by atoms with Crippen molar-refractivity contribution < 1.29 is 24.9 Å². The third kappa shape index (κ3) is 2.89. The van der Waals surface area contributed by atoms with Crippen molar-refractivity contribution in [3.05, 3.63) is 23.3 Å². The van der Waals surface area contributed by atoms with Gasteiger partial charge in [-0.2, -0.15) is 0 Å². The molecular weight excluding hydrogens is 416 g/mol. The molecule has 0 unspecified atom stereocenters. The summed E-state index contributed by atoms with van der Waals surface area (Å²) in [6.45, 7) is 13.2. The molecule has 33 heavy (non-hydrogen) atoms. The average molecular weight is 459 g/mol. The molecule has 1 spiro atoms. The monoisotopic (exact) mass is 458 g/mol. The molecule has 0 aromatic carbocycles. The van der Waals surface area contributed by atoms with Crippen molar-refractivity contribution in [3.8, 4) is 0 Å². The molecule has 184 valence electrons. The van der Waals surface area contributed by atoms with E-state index in [1.54, 1.807) is 0 Å². The number of aliphatic hydroxyl groups is 3. The van der Waals surface area contributed by atoms with Gasteiger partial charge in [-0.3, -0.25) is 4.79 Å². The Kier molecular flexibility index (Phi) is 5.21. The van der Waals surface area contributed by atoms with E-state index in [9.17, 15) is 20.1 Å². The summed E-state index contributed by atoms with van der Waals surface area (Å²) >= 11 is 0. The van der Waals surface area contributed by atoms with E-state index in [1.165, 1.54) is 0 Å². The zero-order chi connectivity index (χ0) is 24.1. The van der Waals surface area contributed by atoms with Crippen LogP contribution in [0, 0.1) is 34.5 Å². The van der Waals surface area contributed by atoms with Gasteiger partial charge in [0.05, 0.1) is 12.2 Å². The van der Waals surface area contributed by atoms with Crippen LogP contribution in [0.4, 0.5) is 0 Å². The Morgan fingerprint density at radius 3 is 2.42 bits per heavy atom. The molecule has 4 fully saturated rings. The number of epoxide rings is 1. The highest BCUT2D eigenvalue weighted by molar-refractivity contribution is 6.06. The van der Waals surface area contributed by atoms with Gasteiger partial charge >= 0.3 is 0 Å². The van der Waals surface area contributed by atoms with Gasteiger partial charge in [-0.25, -0.2) is 0 Å². The van der Waals surface area contributed by atoms with Crippen LogP contribution in [0.3, 0.4) is 0 Å². The number of allylic oxidation sites excluding steroid dienone is 2. The molecule has 1 aliphatic heterocycles. The van der Waals surface area contributed by atoms with Crippen LogP contribution in [0.5, 0.6) is 0 Å². The van der Waals surface area contributed by atoms with Crippen LogP contribution in [0.15, 0.2) is 23.3 Å². The number of aliphatic hydroxyl groups excluding tert-OH is 2. The predicted molar refractivity (Wildman–Crippen MR) is 126 cm³/mol. The first kappa shape index (κ1) is 23.7. The summed E-state index contributed by atoms with van der Waals surface area (Å²) in [5, 5.41) is 34.0. The van der Waals surface area contributed by atoms with Crippen LogP contribution in [0.2, 0.25) is 0 Å². The van der Waals surface area contributed by atoms with E-state index in [2.05, 4.69) is 46.8 Å². The normalized spacial score (nSPS) is 50.7.